The van der Waals surface area contributed by atoms with Gasteiger partial charge in [0.1, 0.15) is 5.75 Å². The lowest BCUT2D eigenvalue weighted by atomic mass is 9.86. The maximum atomic E-state index is 9.95. The van der Waals surface area contributed by atoms with E-state index in [0.717, 1.165) is 32.2 Å². The van der Waals surface area contributed by atoms with E-state index in [1.165, 1.54) is 18.4 Å². The van der Waals surface area contributed by atoms with Crippen LogP contribution < -0.4 is 5.32 Å². The van der Waals surface area contributed by atoms with Crippen LogP contribution in [-0.4, -0.2) is 28.9 Å². The Morgan fingerprint density at radius 3 is 2.60 bits per heavy atom. The van der Waals surface area contributed by atoms with Crippen molar-refractivity contribution >= 4 is 0 Å². The molecule has 1 fully saturated rings. The predicted molar refractivity (Wildman–Crippen MR) is 81.9 cm³/mol. The highest BCUT2D eigenvalue weighted by Gasteiger charge is 2.22. The smallest absolute Gasteiger partial charge is 0.115 e. The second kappa shape index (κ2) is 7.65. The Labute approximate surface area is 122 Å². The highest BCUT2D eigenvalue weighted by Crippen LogP contribution is 2.23. The van der Waals surface area contributed by atoms with Crippen LogP contribution in [0.3, 0.4) is 0 Å². The average molecular weight is 277 g/mol. The van der Waals surface area contributed by atoms with Gasteiger partial charge in [-0.1, -0.05) is 25.0 Å². The van der Waals surface area contributed by atoms with Gasteiger partial charge < -0.3 is 15.5 Å². The first kappa shape index (κ1) is 15.3. The first-order valence-electron chi connectivity index (χ1n) is 7.84. The van der Waals surface area contributed by atoms with E-state index >= 15 is 0 Å². The molecule has 112 valence electrons. The van der Waals surface area contributed by atoms with Crippen molar-refractivity contribution in [2.45, 2.75) is 57.6 Å². The second-order valence-electron chi connectivity index (χ2n) is 6.13. The minimum atomic E-state index is -0.111. The molecule has 1 aromatic rings. The second-order valence-corrected chi connectivity index (χ2v) is 6.13. The largest absolute Gasteiger partial charge is 0.508 e. The van der Waals surface area contributed by atoms with Gasteiger partial charge in [0, 0.05) is 12.6 Å². The van der Waals surface area contributed by atoms with Crippen LogP contribution >= 0.6 is 0 Å². The summed E-state index contributed by atoms with van der Waals surface area (Å²) < 4.78 is 0. The third-order valence-electron chi connectivity index (χ3n) is 4.40. The molecule has 1 saturated carbocycles. The van der Waals surface area contributed by atoms with Crippen LogP contribution in [0.5, 0.6) is 5.75 Å². The first-order valence-corrected chi connectivity index (χ1v) is 7.84. The molecule has 3 nitrogen and oxygen atoms in total. The molecule has 20 heavy (non-hydrogen) atoms. The zero-order valence-electron chi connectivity index (χ0n) is 12.4. The van der Waals surface area contributed by atoms with E-state index in [-0.39, 0.29) is 6.10 Å². The topological polar surface area (TPSA) is 52.5 Å². The van der Waals surface area contributed by atoms with Crippen LogP contribution in [0.2, 0.25) is 0 Å². The number of rotatable bonds is 6. The zero-order chi connectivity index (χ0) is 14.4. The monoisotopic (exact) mass is 277 g/mol. The SMILES string of the molecule is CC(CCc1ccc(O)cc1)NCC1CCCCC1O. The number of hydrogen-bond acceptors (Lipinski definition) is 3. The number of phenols is 1. The molecular formula is C17H27NO2. The molecule has 3 unspecified atom stereocenters. The molecule has 0 saturated heterocycles. The van der Waals surface area contributed by atoms with Gasteiger partial charge in [0.15, 0.2) is 0 Å². The standard InChI is InChI=1S/C17H27NO2/c1-13(6-7-14-8-10-16(19)11-9-14)18-12-15-4-2-3-5-17(15)20/h8-11,13,15,17-20H,2-7,12H2,1H3. The van der Waals surface area contributed by atoms with Crippen molar-refractivity contribution < 1.29 is 10.2 Å². The van der Waals surface area contributed by atoms with Gasteiger partial charge in [-0.05, 0) is 56.2 Å². The van der Waals surface area contributed by atoms with E-state index in [0.29, 0.717) is 17.7 Å². The summed E-state index contributed by atoms with van der Waals surface area (Å²) in [4.78, 5) is 0. The molecule has 3 N–H and O–H groups in total. The van der Waals surface area contributed by atoms with Gasteiger partial charge in [0.05, 0.1) is 6.10 Å². The van der Waals surface area contributed by atoms with Crippen molar-refractivity contribution in [3.05, 3.63) is 29.8 Å². The fourth-order valence-electron chi connectivity index (χ4n) is 2.93. The van der Waals surface area contributed by atoms with Gasteiger partial charge in [-0.3, -0.25) is 0 Å². The Hall–Kier alpha value is -1.06. The number of hydrogen-bond donors (Lipinski definition) is 3. The third-order valence-corrected chi connectivity index (χ3v) is 4.40. The van der Waals surface area contributed by atoms with E-state index in [1.54, 1.807) is 12.1 Å². The molecule has 1 aliphatic rings. The summed E-state index contributed by atoms with van der Waals surface area (Å²) in [5.41, 5.74) is 1.26. The van der Waals surface area contributed by atoms with E-state index in [2.05, 4.69) is 12.2 Å². The zero-order valence-corrected chi connectivity index (χ0v) is 12.4. The molecule has 0 aromatic heterocycles. The van der Waals surface area contributed by atoms with Crippen LogP contribution in [0, 0.1) is 5.92 Å². The number of aromatic hydroxyl groups is 1. The number of phenolic OH excluding ortho intramolecular Hbond substituents is 1. The number of benzene rings is 1. The highest BCUT2D eigenvalue weighted by atomic mass is 16.3. The molecule has 0 spiro atoms. The molecule has 0 amide bonds. The Bertz CT molecular complexity index is 390. The van der Waals surface area contributed by atoms with Gasteiger partial charge in [-0.15, -0.1) is 0 Å². The Morgan fingerprint density at radius 2 is 1.90 bits per heavy atom. The van der Waals surface area contributed by atoms with E-state index in [4.69, 9.17) is 0 Å². The van der Waals surface area contributed by atoms with Gasteiger partial charge >= 0.3 is 0 Å². The van der Waals surface area contributed by atoms with Crippen molar-refractivity contribution in [3.8, 4) is 5.75 Å². The number of aliphatic hydroxyl groups is 1. The normalized spacial score (nSPS) is 24.5. The van der Waals surface area contributed by atoms with Gasteiger partial charge in [0.25, 0.3) is 0 Å². The summed E-state index contributed by atoms with van der Waals surface area (Å²) in [5, 5.41) is 22.8. The van der Waals surface area contributed by atoms with E-state index in [9.17, 15) is 10.2 Å². The van der Waals surface area contributed by atoms with Crippen molar-refractivity contribution in [1.82, 2.24) is 5.32 Å². The summed E-state index contributed by atoms with van der Waals surface area (Å²) >= 11 is 0. The van der Waals surface area contributed by atoms with Gasteiger partial charge in [-0.2, -0.15) is 0 Å². The molecule has 0 heterocycles. The lowest BCUT2D eigenvalue weighted by Crippen LogP contribution is -2.37. The van der Waals surface area contributed by atoms with Crippen LogP contribution in [0.25, 0.3) is 0 Å². The Balaban J connectivity index is 1.67. The number of nitrogens with one attached hydrogen (secondary N) is 1. The maximum absolute atomic E-state index is 9.95. The number of aliphatic hydroxyl groups excluding tert-OH is 1. The average Bonchev–Trinajstić information content (AvgIpc) is 2.46. The summed E-state index contributed by atoms with van der Waals surface area (Å²) in [5.74, 6) is 0.756. The molecule has 0 radical (unpaired) electrons. The molecule has 3 heteroatoms. The minimum Gasteiger partial charge on any atom is -0.508 e. The summed E-state index contributed by atoms with van der Waals surface area (Å²) in [6.07, 6.45) is 6.53. The summed E-state index contributed by atoms with van der Waals surface area (Å²) in [7, 11) is 0. The van der Waals surface area contributed by atoms with Crippen molar-refractivity contribution in [2.24, 2.45) is 5.92 Å². The van der Waals surface area contributed by atoms with Crippen molar-refractivity contribution in [1.29, 1.82) is 0 Å². The Morgan fingerprint density at radius 1 is 1.20 bits per heavy atom. The molecule has 0 aliphatic heterocycles. The van der Waals surface area contributed by atoms with E-state index in [1.807, 2.05) is 12.1 Å². The predicted octanol–water partition coefficient (Wildman–Crippen LogP) is 2.85. The molecule has 1 aromatic carbocycles. The van der Waals surface area contributed by atoms with Crippen LogP contribution in [0.1, 0.15) is 44.6 Å². The summed E-state index contributed by atoms with van der Waals surface area (Å²) in [6, 6.07) is 7.90. The lowest BCUT2D eigenvalue weighted by molar-refractivity contribution is 0.0683. The van der Waals surface area contributed by atoms with Crippen molar-refractivity contribution in [2.75, 3.05) is 6.54 Å². The van der Waals surface area contributed by atoms with Gasteiger partial charge in [-0.25, -0.2) is 0 Å². The fraction of sp³-hybridized carbons (Fsp3) is 0.647. The molecule has 1 aliphatic carbocycles. The molecular weight excluding hydrogens is 250 g/mol. The first-order chi connectivity index (χ1) is 9.65. The minimum absolute atomic E-state index is 0.111. The van der Waals surface area contributed by atoms with Gasteiger partial charge in [0.2, 0.25) is 0 Å². The molecule has 3 atom stereocenters. The van der Waals surface area contributed by atoms with Crippen LogP contribution in [0.15, 0.2) is 24.3 Å². The third kappa shape index (κ3) is 4.80. The quantitative estimate of drug-likeness (QED) is 0.749. The summed E-state index contributed by atoms with van der Waals surface area (Å²) in [6.45, 7) is 3.13. The highest BCUT2D eigenvalue weighted by molar-refractivity contribution is 5.25. The molecule has 2 rings (SSSR count). The van der Waals surface area contributed by atoms with Crippen molar-refractivity contribution in [3.63, 3.8) is 0 Å². The fourth-order valence-corrected chi connectivity index (χ4v) is 2.93. The van der Waals surface area contributed by atoms with Crippen LogP contribution in [-0.2, 0) is 6.42 Å². The Kier molecular flexibility index (Phi) is 5.86. The lowest BCUT2D eigenvalue weighted by Gasteiger charge is -2.29. The van der Waals surface area contributed by atoms with E-state index < -0.39 is 0 Å². The van der Waals surface area contributed by atoms with Crippen LogP contribution in [0.4, 0.5) is 0 Å². The maximum Gasteiger partial charge on any atom is 0.115 e. The number of aryl methyl sites for hydroxylation is 1. The molecule has 0 bridgehead atoms.